The second kappa shape index (κ2) is 10.1. The minimum atomic E-state index is -0.133. The zero-order chi connectivity index (χ0) is 30.3. The van der Waals surface area contributed by atoms with Crippen LogP contribution in [0.25, 0.3) is 0 Å². The number of benzene rings is 1. The van der Waals surface area contributed by atoms with Crippen molar-refractivity contribution < 1.29 is 4.79 Å². The van der Waals surface area contributed by atoms with Crippen molar-refractivity contribution in [1.82, 2.24) is 5.32 Å². The van der Waals surface area contributed by atoms with Crippen LogP contribution in [0.2, 0.25) is 0 Å². The van der Waals surface area contributed by atoms with Gasteiger partial charge in [-0.25, -0.2) is 0 Å². The van der Waals surface area contributed by atoms with Crippen molar-refractivity contribution in [2.24, 2.45) is 62.1 Å². The summed E-state index contributed by atoms with van der Waals surface area (Å²) in [7, 11) is 0. The molecule has 0 bridgehead atoms. The standard InChI is InChI=1S/C40H63NO/c1-27-12-14-28(15-13-27)26-41-34(42)40-20-10-11-31(40)30-16-17-33-37(7)21-18-29(25-35(2,3)4)36(5,6)32(37)19-22-39(33,9)38(30,8)23-24-40/h12-15,29-33H,10-11,16-26H2,1-9H3,(H,41,42)/t29?,30?,31?,32?,33?,37?,38-,39?,40?/m1/s1. The molecule has 1 aromatic rings. The SMILES string of the molecule is Cc1ccc(CNC(=O)C23CCCC2C2CCC4C5(C)CCC(CC(C)(C)C)C(C)(C)C5CCC4(C)[C@]2(C)CC3)cc1. The van der Waals surface area contributed by atoms with Gasteiger partial charge in [0.2, 0.25) is 5.91 Å². The molecule has 0 radical (unpaired) electrons. The van der Waals surface area contributed by atoms with Crippen LogP contribution in [0.3, 0.4) is 0 Å². The summed E-state index contributed by atoms with van der Waals surface area (Å²) < 4.78 is 0. The molecule has 8 unspecified atom stereocenters. The van der Waals surface area contributed by atoms with Gasteiger partial charge >= 0.3 is 0 Å². The fourth-order valence-electron chi connectivity index (χ4n) is 13.2. The van der Waals surface area contributed by atoms with E-state index in [4.69, 9.17) is 0 Å². The molecule has 0 saturated heterocycles. The molecule has 6 rings (SSSR count). The number of nitrogens with one attached hydrogen (secondary N) is 1. The zero-order valence-corrected chi connectivity index (χ0v) is 28.8. The van der Waals surface area contributed by atoms with Gasteiger partial charge in [0, 0.05) is 6.54 Å². The fourth-order valence-corrected chi connectivity index (χ4v) is 13.2. The first kappa shape index (κ1) is 30.7. The van der Waals surface area contributed by atoms with Crippen molar-refractivity contribution in [1.29, 1.82) is 0 Å². The van der Waals surface area contributed by atoms with E-state index in [-0.39, 0.29) is 5.41 Å². The van der Waals surface area contributed by atoms with Gasteiger partial charge in [-0.1, -0.05) is 91.6 Å². The molecular formula is C40H63NO. The molecule has 1 amide bonds. The second-order valence-corrected chi connectivity index (χ2v) is 18.8. The van der Waals surface area contributed by atoms with Crippen LogP contribution in [0.1, 0.15) is 144 Å². The lowest BCUT2D eigenvalue weighted by Gasteiger charge is -2.73. The van der Waals surface area contributed by atoms with E-state index in [0.717, 1.165) is 30.6 Å². The van der Waals surface area contributed by atoms with Crippen molar-refractivity contribution in [2.45, 2.75) is 146 Å². The van der Waals surface area contributed by atoms with Gasteiger partial charge in [-0.15, -0.1) is 0 Å². The van der Waals surface area contributed by atoms with Crippen LogP contribution in [-0.2, 0) is 11.3 Å². The summed E-state index contributed by atoms with van der Waals surface area (Å²) in [4.78, 5) is 14.1. The third-order valence-electron chi connectivity index (χ3n) is 15.5. The Morgan fingerprint density at radius 1 is 0.786 bits per heavy atom. The summed E-state index contributed by atoms with van der Waals surface area (Å²) in [5.41, 5.74) is 4.39. The molecule has 234 valence electrons. The van der Waals surface area contributed by atoms with Crippen LogP contribution in [-0.4, -0.2) is 5.91 Å². The molecular weight excluding hydrogens is 510 g/mol. The van der Waals surface area contributed by atoms with Crippen LogP contribution in [0.15, 0.2) is 24.3 Å². The van der Waals surface area contributed by atoms with Crippen LogP contribution in [0, 0.1) is 69.0 Å². The average Bonchev–Trinajstić information content (AvgIpc) is 3.35. The topological polar surface area (TPSA) is 29.1 Å². The van der Waals surface area contributed by atoms with Crippen molar-refractivity contribution in [3.05, 3.63) is 35.4 Å². The maximum absolute atomic E-state index is 14.1. The summed E-state index contributed by atoms with van der Waals surface area (Å²) in [5.74, 6) is 4.14. The van der Waals surface area contributed by atoms with Gasteiger partial charge in [0.05, 0.1) is 5.41 Å². The van der Waals surface area contributed by atoms with Gasteiger partial charge < -0.3 is 5.32 Å². The molecule has 1 N–H and O–H groups in total. The van der Waals surface area contributed by atoms with Crippen molar-refractivity contribution >= 4 is 5.91 Å². The van der Waals surface area contributed by atoms with Crippen molar-refractivity contribution in [3.63, 3.8) is 0 Å². The number of carbonyl (C=O) groups excluding carboxylic acids is 1. The number of amides is 1. The predicted molar refractivity (Wildman–Crippen MR) is 176 cm³/mol. The van der Waals surface area contributed by atoms with Gasteiger partial charge in [0.1, 0.15) is 0 Å². The molecule has 0 aromatic heterocycles. The number of hydrogen-bond acceptors (Lipinski definition) is 1. The lowest BCUT2D eigenvalue weighted by molar-refractivity contribution is -0.240. The average molecular weight is 574 g/mol. The zero-order valence-electron chi connectivity index (χ0n) is 28.8. The molecule has 5 aliphatic carbocycles. The van der Waals surface area contributed by atoms with Crippen LogP contribution in [0.5, 0.6) is 0 Å². The van der Waals surface area contributed by atoms with E-state index in [1.54, 1.807) is 0 Å². The number of rotatable bonds is 4. The van der Waals surface area contributed by atoms with Crippen molar-refractivity contribution in [2.75, 3.05) is 0 Å². The maximum Gasteiger partial charge on any atom is 0.226 e. The molecule has 9 atom stereocenters. The monoisotopic (exact) mass is 573 g/mol. The lowest BCUT2D eigenvalue weighted by Crippen LogP contribution is -2.66. The lowest BCUT2D eigenvalue weighted by atomic mass is 9.32. The fraction of sp³-hybridized carbons (Fsp3) is 0.825. The summed E-state index contributed by atoms with van der Waals surface area (Å²) in [6.07, 6.45) is 15.7. The maximum atomic E-state index is 14.1. The highest BCUT2D eigenvalue weighted by Crippen LogP contribution is 2.77. The van der Waals surface area contributed by atoms with E-state index in [1.807, 2.05) is 0 Å². The Hall–Kier alpha value is -1.31. The summed E-state index contributed by atoms with van der Waals surface area (Å²) >= 11 is 0. The molecule has 2 nitrogen and oxygen atoms in total. The number of aryl methyl sites for hydroxylation is 1. The van der Waals surface area contributed by atoms with Crippen LogP contribution < -0.4 is 5.32 Å². The third-order valence-corrected chi connectivity index (χ3v) is 15.5. The molecule has 42 heavy (non-hydrogen) atoms. The minimum Gasteiger partial charge on any atom is -0.352 e. The molecule has 1 aromatic carbocycles. The first-order chi connectivity index (χ1) is 19.6. The Labute approximate surface area is 259 Å². The van der Waals surface area contributed by atoms with E-state index in [0.29, 0.717) is 51.4 Å². The highest BCUT2D eigenvalue weighted by atomic mass is 16.2. The quantitative estimate of drug-likeness (QED) is 0.381. The number of hydrogen-bond donors (Lipinski definition) is 1. The van der Waals surface area contributed by atoms with E-state index < -0.39 is 0 Å². The molecule has 0 spiro atoms. The van der Waals surface area contributed by atoms with Gasteiger partial charge in [-0.2, -0.15) is 0 Å². The van der Waals surface area contributed by atoms with Crippen LogP contribution in [0.4, 0.5) is 0 Å². The molecule has 2 heteroatoms. The summed E-state index contributed by atoms with van der Waals surface area (Å²) in [6.45, 7) is 23.7. The highest BCUT2D eigenvalue weighted by Gasteiger charge is 2.70. The van der Waals surface area contributed by atoms with Gasteiger partial charge in [0.25, 0.3) is 0 Å². The normalized spacial score (nSPS) is 44.4. The smallest absolute Gasteiger partial charge is 0.226 e. The molecule has 5 fully saturated rings. The van der Waals surface area contributed by atoms with E-state index in [1.165, 1.54) is 75.3 Å². The minimum absolute atomic E-state index is 0.133. The van der Waals surface area contributed by atoms with Crippen molar-refractivity contribution in [3.8, 4) is 0 Å². The van der Waals surface area contributed by atoms with E-state index in [2.05, 4.69) is 91.9 Å². The molecule has 0 aliphatic heterocycles. The Bertz CT molecular complexity index is 1180. The largest absolute Gasteiger partial charge is 0.352 e. The van der Waals surface area contributed by atoms with Gasteiger partial charge in [0.15, 0.2) is 0 Å². The Morgan fingerprint density at radius 3 is 2.19 bits per heavy atom. The van der Waals surface area contributed by atoms with Crippen LogP contribution >= 0.6 is 0 Å². The molecule has 5 saturated carbocycles. The number of fused-ring (bicyclic) bond motifs is 7. The molecule has 0 heterocycles. The summed E-state index contributed by atoms with van der Waals surface area (Å²) in [5, 5.41) is 3.46. The Morgan fingerprint density at radius 2 is 1.50 bits per heavy atom. The third kappa shape index (κ3) is 4.49. The Kier molecular flexibility index (Phi) is 7.39. The highest BCUT2D eigenvalue weighted by molar-refractivity contribution is 5.83. The predicted octanol–water partition coefficient (Wildman–Crippen LogP) is 10.5. The summed E-state index contributed by atoms with van der Waals surface area (Å²) in [6, 6.07) is 8.68. The van der Waals surface area contributed by atoms with Gasteiger partial charge in [-0.05, 0) is 140 Å². The van der Waals surface area contributed by atoms with E-state index in [9.17, 15) is 4.79 Å². The first-order valence-electron chi connectivity index (χ1n) is 17.9. The van der Waals surface area contributed by atoms with Gasteiger partial charge in [-0.3, -0.25) is 4.79 Å². The molecule has 5 aliphatic rings. The second-order valence-electron chi connectivity index (χ2n) is 18.8. The Balaban J connectivity index is 1.24. The first-order valence-corrected chi connectivity index (χ1v) is 17.9. The number of carbonyl (C=O) groups is 1. The van der Waals surface area contributed by atoms with E-state index >= 15 is 0 Å².